The number of carbonyl (C=O) groups excluding carboxylic acids is 3. The fraction of sp³-hybridized carbons (Fsp3) is 0.364. The topological polar surface area (TPSA) is 161 Å². The molecule has 11 nitrogen and oxygen atoms in total. The second-order valence-electron chi connectivity index (χ2n) is 7.37. The first kappa shape index (κ1) is 27.2. The van der Waals surface area contributed by atoms with Gasteiger partial charge in [-0.1, -0.05) is 31.2 Å². The van der Waals surface area contributed by atoms with Gasteiger partial charge in [0.05, 0.1) is 6.54 Å². The Kier molecular flexibility index (Phi) is 9.53. The van der Waals surface area contributed by atoms with Crippen LogP contribution in [0.15, 0.2) is 53.7 Å². The van der Waals surface area contributed by atoms with Gasteiger partial charge in [-0.3, -0.25) is 14.4 Å². The van der Waals surface area contributed by atoms with Gasteiger partial charge in [-0.05, 0) is 49.6 Å². The standard InChI is InChI=1S/C22H28N4O7S/c1-4-26(34-19-11-7-8-12-23-19)22(31,32)20(29)21(3,30)25-17(27)13-24-18(28)14-33-16-10-6-5-9-15(16)2/h5-12,30-32H,4,13-14H2,1-3H3,(H,24,28)(H,25,27). The first-order valence-corrected chi connectivity index (χ1v) is 11.1. The number of rotatable bonds is 12. The fourth-order valence-corrected chi connectivity index (χ4v) is 3.58. The van der Waals surface area contributed by atoms with Gasteiger partial charge in [0.1, 0.15) is 10.8 Å². The molecule has 0 saturated carbocycles. The number of hydrogen-bond donors (Lipinski definition) is 5. The van der Waals surface area contributed by atoms with Gasteiger partial charge < -0.3 is 30.7 Å². The highest BCUT2D eigenvalue weighted by Gasteiger charge is 2.50. The Morgan fingerprint density at radius 2 is 1.76 bits per heavy atom. The molecule has 0 spiro atoms. The molecule has 1 atom stereocenters. The molecule has 0 radical (unpaired) electrons. The molecular formula is C22H28N4O7S. The van der Waals surface area contributed by atoms with Gasteiger partial charge in [0.15, 0.2) is 6.61 Å². The average Bonchev–Trinajstić information content (AvgIpc) is 2.80. The van der Waals surface area contributed by atoms with E-state index < -0.39 is 35.8 Å². The summed E-state index contributed by atoms with van der Waals surface area (Å²) < 4.78 is 6.27. The molecule has 184 valence electrons. The fourth-order valence-electron chi connectivity index (χ4n) is 2.77. The number of likely N-dealkylation sites (N-methyl/N-ethyl adjacent to an activating group) is 1. The molecule has 5 N–H and O–H groups in total. The van der Waals surface area contributed by atoms with Crippen LogP contribution in [0.3, 0.4) is 0 Å². The molecule has 0 aliphatic carbocycles. The number of ketones is 1. The lowest BCUT2D eigenvalue weighted by Gasteiger charge is -2.36. The second-order valence-corrected chi connectivity index (χ2v) is 8.41. The molecule has 1 heterocycles. The summed E-state index contributed by atoms with van der Waals surface area (Å²) in [4.78, 5) is 40.9. The van der Waals surface area contributed by atoms with Crippen LogP contribution in [0, 0.1) is 6.92 Å². The minimum Gasteiger partial charge on any atom is -0.484 e. The van der Waals surface area contributed by atoms with E-state index in [4.69, 9.17) is 4.74 Å². The molecule has 1 aromatic heterocycles. The lowest BCUT2D eigenvalue weighted by atomic mass is 10.1. The molecule has 12 heteroatoms. The van der Waals surface area contributed by atoms with Crippen LogP contribution in [0.5, 0.6) is 5.75 Å². The van der Waals surface area contributed by atoms with E-state index in [1.54, 1.807) is 37.3 Å². The van der Waals surface area contributed by atoms with Crippen LogP contribution < -0.4 is 15.4 Å². The molecule has 0 saturated heterocycles. The summed E-state index contributed by atoms with van der Waals surface area (Å²) in [7, 11) is 0. The number of amides is 2. The Balaban J connectivity index is 1.91. The highest BCUT2D eigenvalue weighted by Crippen LogP contribution is 2.28. The van der Waals surface area contributed by atoms with Crippen LogP contribution in [0.2, 0.25) is 0 Å². The number of ether oxygens (including phenoxy) is 1. The zero-order valence-electron chi connectivity index (χ0n) is 19.0. The van der Waals surface area contributed by atoms with Crippen molar-refractivity contribution in [2.24, 2.45) is 0 Å². The minimum atomic E-state index is -3.14. The Morgan fingerprint density at radius 3 is 2.38 bits per heavy atom. The van der Waals surface area contributed by atoms with Crippen molar-refractivity contribution < 1.29 is 34.4 Å². The Hall–Kier alpha value is -3.03. The number of benzene rings is 1. The maximum Gasteiger partial charge on any atom is 0.302 e. The second kappa shape index (κ2) is 11.9. The maximum absolute atomic E-state index is 12.7. The minimum absolute atomic E-state index is 0.0129. The van der Waals surface area contributed by atoms with E-state index in [1.807, 2.05) is 24.4 Å². The van der Waals surface area contributed by atoms with Gasteiger partial charge in [-0.15, -0.1) is 0 Å². The van der Waals surface area contributed by atoms with Crippen molar-refractivity contribution in [3.63, 3.8) is 0 Å². The van der Waals surface area contributed by atoms with E-state index in [-0.39, 0.29) is 13.2 Å². The Labute approximate surface area is 201 Å². The van der Waals surface area contributed by atoms with Crippen LogP contribution in [0.25, 0.3) is 0 Å². The van der Waals surface area contributed by atoms with Gasteiger partial charge in [0, 0.05) is 12.7 Å². The number of hydrogen-bond acceptors (Lipinski definition) is 10. The number of Topliss-reactive ketones (excluding diaryl/α,β-unsaturated/α-hetero) is 1. The summed E-state index contributed by atoms with van der Waals surface area (Å²) in [6.45, 7) is 3.34. The first-order chi connectivity index (χ1) is 16.0. The zero-order valence-corrected chi connectivity index (χ0v) is 19.8. The summed E-state index contributed by atoms with van der Waals surface area (Å²) >= 11 is 0.784. The summed E-state index contributed by atoms with van der Waals surface area (Å²) in [5.74, 6) is -5.65. The van der Waals surface area contributed by atoms with E-state index >= 15 is 0 Å². The third-order valence-electron chi connectivity index (χ3n) is 4.50. The zero-order chi connectivity index (χ0) is 25.4. The molecule has 2 aromatic rings. The maximum atomic E-state index is 12.7. The highest BCUT2D eigenvalue weighted by molar-refractivity contribution is 7.97. The molecule has 0 aliphatic heterocycles. The van der Waals surface area contributed by atoms with Crippen molar-refractivity contribution in [3.8, 4) is 5.75 Å². The SMILES string of the molecule is CCN(Sc1ccccn1)C(O)(O)C(=O)C(C)(O)NC(=O)CNC(=O)COc1ccccc1C. The predicted molar refractivity (Wildman–Crippen MR) is 123 cm³/mol. The van der Waals surface area contributed by atoms with Crippen LogP contribution in [-0.2, 0) is 14.4 Å². The quantitative estimate of drug-likeness (QED) is 0.201. The van der Waals surface area contributed by atoms with Crippen LogP contribution in [-0.4, -0.2) is 73.5 Å². The smallest absolute Gasteiger partial charge is 0.302 e. The van der Waals surface area contributed by atoms with Gasteiger partial charge in [0.25, 0.3) is 11.7 Å². The lowest BCUT2D eigenvalue weighted by Crippen LogP contribution is -2.65. The normalized spacial score (nSPS) is 13.1. The third kappa shape index (κ3) is 7.50. The van der Waals surface area contributed by atoms with Crippen molar-refractivity contribution in [2.75, 3.05) is 19.7 Å². The van der Waals surface area contributed by atoms with Crippen molar-refractivity contribution in [1.29, 1.82) is 0 Å². The van der Waals surface area contributed by atoms with E-state index in [0.29, 0.717) is 10.8 Å². The molecule has 2 amide bonds. The number of aryl methyl sites for hydroxylation is 1. The van der Waals surface area contributed by atoms with Gasteiger partial charge >= 0.3 is 5.91 Å². The number of carbonyl (C=O) groups is 3. The molecule has 2 rings (SSSR count). The van der Waals surface area contributed by atoms with Crippen LogP contribution in [0.1, 0.15) is 19.4 Å². The average molecular weight is 493 g/mol. The molecular weight excluding hydrogens is 464 g/mol. The van der Waals surface area contributed by atoms with Crippen molar-refractivity contribution >= 4 is 29.5 Å². The Bertz CT molecular complexity index is 1000. The van der Waals surface area contributed by atoms with E-state index in [9.17, 15) is 29.7 Å². The summed E-state index contributed by atoms with van der Waals surface area (Å²) in [6, 6.07) is 12.0. The molecule has 0 fully saturated rings. The number of nitrogens with zero attached hydrogens (tertiary/aromatic N) is 2. The van der Waals surface area contributed by atoms with Gasteiger partial charge in [-0.25, -0.2) is 4.98 Å². The largest absolute Gasteiger partial charge is 0.484 e. The first-order valence-electron chi connectivity index (χ1n) is 10.3. The molecule has 0 bridgehead atoms. The molecule has 1 unspecified atom stereocenters. The summed E-state index contributed by atoms with van der Waals surface area (Å²) in [5.41, 5.74) is -1.82. The number of aliphatic hydroxyl groups is 3. The van der Waals surface area contributed by atoms with Crippen molar-refractivity contribution in [1.82, 2.24) is 19.9 Å². The summed E-state index contributed by atoms with van der Waals surface area (Å²) in [5, 5.41) is 36.0. The lowest BCUT2D eigenvalue weighted by molar-refractivity contribution is -0.236. The van der Waals surface area contributed by atoms with E-state index in [1.165, 1.54) is 6.20 Å². The van der Waals surface area contributed by atoms with Gasteiger partial charge in [-0.2, -0.15) is 4.31 Å². The van der Waals surface area contributed by atoms with Crippen LogP contribution >= 0.6 is 11.9 Å². The highest BCUT2D eigenvalue weighted by atomic mass is 32.2. The van der Waals surface area contributed by atoms with Crippen molar-refractivity contribution in [3.05, 3.63) is 54.2 Å². The third-order valence-corrected chi connectivity index (χ3v) is 5.67. The Morgan fingerprint density at radius 1 is 1.09 bits per heavy atom. The van der Waals surface area contributed by atoms with Crippen LogP contribution in [0.4, 0.5) is 0 Å². The monoisotopic (exact) mass is 492 g/mol. The number of pyridine rings is 1. The van der Waals surface area contributed by atoms with Gasteiger partial charge in [0.2, 0.25) is 11.6 Å². The molecule has 1 aromatic carbocycles. The predicted octanol–water partition coefficient (Wildman–Crippen LogP) is -0.0536. The molecule has 0 aliphatic rings. The summed E-state index contributed by atoms with van der Waals surface area (Å²) in [6.07, 6.45) is 1.49. The number of para-hydroxylation sites is 1. The number of nitrogens with one attached hydrogen (secondary N) is 2. The number of aromatic nitrogens is 1. The molecule has 34 heavy (non-hydrogen) atoms. The van der Waals surface area contributed by atoms with E-state index in [0.717, 1.165) is 28.7 Å². The van der Waals surface area contributed by atoms with E-state index in [2.05, 4.69) is 10.3 Å². The van der Waals surface area contributed by atoms with Crippen molar-refractivity contribution in [2.45, 2.75) is 37.4 Å².